The number of nitrogens with one attached hydrogen (secondary N) is 1. The van der Waals surface area contributed by atoms with Gasteiger partial charge >= 0.3 is 0 Å². The van der Waals surface area contributed by atoms with Crippen molar-refractivity contribution < 1.29 is 0 Å². The van der Waals surface area contributed by atoms with Gasteiger partial charge in [-0.25, -0.2) is 0 Å². The van der Waals surface area contributed by atoms with Gasteiger partial charge in [-0.1, -0.05) is 13.8 Å². The molecule has 106 valence electrons. The van der Waals surface area contributed by atoms with Gasteiger partial charge in [-0.2, -0.15) is 26.7 Å². The standard InChI is InChI=1S/C12H20ClN5S/c1-4-14-10-15-9(13)16-11(17-10)18-6-5-12(2,3)19-8-7-18/h4-8H2,1-3H3,(H,14,15,16,17). The molecule has 0 saturated carbocycles. The van der Waals surface area contributed by atoms with Crippen LogP contribution in [0.25, 0.3) is 0 Å². The van der Waals surface area contributed by atoms with E-state index >= 15 is 0 Å². The largest absolute Gasteiger partial charge is 0.354 e. The molecule has 0 aromatic carbocycles. The van der Waals surface area contributed by atoms with E-state index < -0.39 is 0 Å². The van der Waals surface area contributed by atoms with Crippen LogP contribution in [0.3, 0.4) is 0 Å². The topological polar surface area (TPSA) is 53.9 Å². The van der Waals surface area contributed by atoms with E-state index in [2.05, 4.69) is 39.0 Å². The van der Waals surface area contributed by atoms with Crippen molar-refractivity contribution in [3.8, 4) is 0 Å². The van der Waals surface area contributed by atoms with Crippen molar-refractivity contribution in [2.45, 2.75) is 31.9 Å². The Morgan fingerprint density at radius 2 is 2.11 bits per heavy atom. The molecular formula is C12H20ClN5S. The molecule has 1 N–H and O–H groups in total. The van der Waals surface area contributed by atoms with Crippen LogP contribution in [-0.2, 0) is 0 Å². The quantitative estimate of drug-likeness (QED) is 0.926. The molecule has 1 saturated heterocycles. The van der Waals surface area contributed by atoms with E-state index in [0.717, 1.165) is 31.8 Å². The zero-order chi connectivity index (χ0) is 13.9. The molecule has 0 spiro atoms. The molecule has 7 heteroatoms. The monoisotopic (exact) mass is 301 g/mol. The number of aromatic nitrogens is 3. The Labute approximate surface area is 123 Å². The molecule has 0 unspecified atom stereocenters. The minimum Gasteiger partial charge on any atom is -0.354 e. The van der Waals surface area contributed by atoms with Crippen molar-refractivity contribution in [3.63, 3.8) is 0 Å². The van der Waals surface area contributed by atoms with E-state index in [1.165, 1.54) is 0 Å². The lowest BCUT2D eigenvalue weighted by atomic mass is 10.1. The molecular weight excluding hydrogens is 282 g/mol. The average molecular weight is 302 g/mol. The lowest BCUT2D eigenvalue weighted by Gasteiger charge is -2.22. The molecule has 2 heterocycles. The second-order valence-corrected chi connectivity index (χ2v) is 7.24. The van der Waals surface area contributed by atoms with Gasteiger partial charge in [0, 0.05) is 30.1 Å². The van der Waals surface area contributed by atoms with Crippen molar-refractivity contribution in [3.05, 3.63) is 5.28 Å². The van der Waals surface area contributed by atoms with E-state index in [1.807, 2.05) is 18.7 Å². The van der Waals surface area contributed by atoms with Gasteiger partial charge in [0.25, 0.3) is 0 Å². The maximum atomic E-state index is 5.97. The SMILES string of the molecule is CCNc1nc(Cl)nc(N2CCSC(C)(C)CC2)n1. The third-order valence-electron chi connectivity index (χ3n) is 3.05. The van der Waals surface area contributed by atoms with Crippen LogP contribution in [0.2, 0.25) is 5.28 Å². The van der Waals surface area contributed by atoms with Crippen LogP contribution in [-0.4, -0.2) is 45.1 Å². The molecule has 0 radical (unpaired) electrons. The molecule has 5 nitrogen and oxygen atoms in total. The van der Waals surface area contributed by atoms with Gasteiger partial charge in [0.2, 0.25) is 17.2 Å². The fraction of sp³-hybridized carbons (Fsp3) is 0.750. The first-order valence-corrected chi connectivity index (χ1v) is 7.91. The summed E-state index contributed by atoms with van der Waals surface area (Å²) in [6, 6.07) is 0. The van der Waals surface area contributed by atoms with Gasteiger partial charge in [-0.05, 0) is 24.9 Å². The minimum absolute atomic E-state index is 0.247. The molecule has 19 heavy (non-hydrogen) atoms. The summed E-state index contributed by atoms with van der Waals surface area (Å²) in [5.74, 6) is 2.30. The number of rotatable bonds is 3. The second kappa shape index (κ2) is 6.13. The van der Waals surface area contributed by atoms with E-state index in [0.29, 0.717) is 16.6 Å². The van der Waals surface area contributed by atoms with E-state index in [1.54, 1.807) is 0 Å². The van der Waals surface area contributed by atoms with E-state index in [9.17, 15) is 0 Å². The second-order valence-electron chi connectivity index (χ2n) is 5.10. The smallest absolute Gasteiger partial charge is 0.231 e. The predicted molar refractivity (Wildman–Crippen MR) is 82.4 cm³/mol. The lowest BCUT2D eigenvalue weighted by Crippen LogP contribution is -2.29. The summed E-state index contributed by atoms with van der Waals surface area (Å²) >= 11 is 7.96. The van der Waals surface area contributed by atoms with Gasteiger partial charge in [0.05, 0.1) is 0 Å². The van der Waals surface area contributed by atoms with Gasteiger partial charge in [-0.15, -0.1) is 0 Å². The van der Waals surface area contributed by atoms with Crippen molar-refractivity contribution in [2.75, 3.05) is 35.6 Å². The number of thioether (sulfide) groups is 1. The summed E-state index contributed by atoms with van der Waals surface area (Å²) in [4.78, 5) is 14.9. The number of anilines is 2. The third kappa shape index (κ3) is 4.11. The van der Waals surface area contributed by atoms with Crippen LogP contribution in [0.5, 0.6) is 0 Å². The van der Waals surface area contributed by atoms with Crippen LogP contribution >= 0.6 is 23.4 Å². The fourth-order valence-electron chi connectivity index (χ4n) is 1.94. The van der Waals surface area contributed by atoms with Crippen molar-refractivity contribution in [1.82, 2.24) is 15.0 Å². The predicted octanol–water partition coefficient (Wildman–Crippen LogP) is 2.68. The third-order valence-corrected chi connectivity index (χ3v) is 4.59. The van der Waals surface area contributed by atoms with Crippen molar-refractivity contribution in [1.29, 1.82) is 0 Å². The van der Waals surface area contributed by atoms with Gasteiger partial charge in [0.15, 0.2) is 0 Å². The van der Waals surface area contributed by atoms with Crippen LogP contribution in [0.15, 0.2) is 0 Å². The summed E-state index contributed by atoms with van der Waals surface area (Å²) in [5.41, 5.74) is 0. The van der Waals surface area contributed by atoms with Gasteiger partial charge in [-0.3, -0.25) is 0 Å². The highest BCUT2D eigenvalue weighted by molar-refractivity contribution is 8.00. The summed E-state index contributed by atoms with van der Waals surface area (Å²) < 4.78 is 0.316. The molecule has 1 aliphatic rings. The maximum Gasteiger partial charge on any atom is 0.231 e. The molecule has 1 aromatic rings. The molecule has 1 aromatic heterocycles. The Morgan fingerprint density at radius 3 is 2.84 bits per heavy atom. The Morgan fingerprint density at radius 1 is 1.32 bits per heavy atom. The van der Waals surface area contributed by atoms with Gasteiger partial charge in [0.1, 0.15) is 0 Å². The molecule has 0 bridgehead atoms. The van der Waals surface area contributed by atoms with Crippen LogP contribution in [0.4, 0.5) is 11.9 Å². The van der Waals surface area contributed by atoms with Crippen LogP contribution < -0.4 is 10.2 Å². The van der Waals surface area contributed by atoms with Crippen molar-refractivity contribution in [2.24, 2.45) is 0 Å². The molecule has 1 fully saturated rings. The van der Waals surface area contributed by atoms with Crippen LogP contribution in [0.1, 0.15) is 27.2 Å². The Balaban J connectivity index is 2.16. The first-order valence-electron chi connectivity index (χ1n) is 6.54. The van der Waals surface area contributed by atoms with Crippen LogP contribution in [0, 0.1) is 0 Å². The Hall–Kier alpha value is -0.750. The highest BCUT2D eigenvalue weighted by Crippen LogP contribution is 2.31. The normalized spacial score (nSPS) is 19.1. The number of halogens is 1. The Bertz CT molecular complexity index is 440. The van der Waals surface area contributed by atoms with E-state index in [-0.39, 0.29) is 5.28 Å². The first-order chi connectivity index (χ1) is 9.00. The minimum atomic E-state index is 0.247. The summed E-state index contributed by atoms with van der Waals surface area (Å²) in [7, 11) is 0. The maximum absolute atomic E-state index is 5.97. The summed E-state index contributed by atoms with van der Waals surface area (Å²) in [6.45, 7) is 9.23. The molecule has 0 atom stereocenters. The zero-order valence-corrected chi connectivity index (χ0v) is 13.2. The van der Waals surface area contributed by atoms with Gasteiger partial charge < -0.3 is 10.2 Å². The first kappa shape index (κ1) is 14.7. The zero-order valence-electron chi connectivity index (χ0n) is 11.6. The average Bonchev–Trinajstić information content (AvgIpc) is 2.50. The molecule has 2 rings (SSSR count). The molecule has 0 aliphatic carbocycles. The lowest BCUT2D eigenvalue weighted by molar-refractivity contribution is 0.631. The molecule has 0 amide bonds. The van der Waals surface area contributed by atoms with Crippen molar-refractivity contribution >= 4 is 35.3 Å². The Kier molecular flexibility index (Phi) is 4.73. The number of nitrogens with zero attached hydrogens (tertiary/aromatic N) is 4. The van der Waals surface area contributed by atoms with E-state index in [4.69, 9.17) is 11.6 Å². The number of hydrogen-bond donors (Lipinski definition) is 1. The molecule has 1 aliphatic heterocycles. The fourth-order valence-corrected chi connectivity index (χ4v) is 3.19. The summed E-state index contributed by atoms with van der Waals surface area (Å²) in [5, 5.41) is 3.33. The number of hydrogen-bond acceptors (Lipinski definition) is 6. The highest BCUT2D eigenvalue weighted by atomic mass is 35.5. The summed E-state index contributed by atoms with van der Waals surface area (Å²) in [6.07, 6.45) is 1.11. The highest BCUT2D eigenvalue weighted by Gasteiger charge is 2.25.